The first-order chi connectivity index (χ1) is 10.2. The molecule has 2 heteroatoms. The van der Waals surface area contributed by atoms with Crippen molar-refractivity contribution in [2.45, 2.75) is 64.5 Å². The van der Waals surface area contributed by atoms with Gasteiger partial charge in [0, 0.05) is 6.04 Å². The first kappa shape index (κ1) is 14.9. The fraction of sp³-hybridized carbons (Fsp3) is 0.684. The molecular weight excluding hydrogens is 258 g/mol. The number of aryl methyl sites for hydroxylation is 1. The van der Waals surface area contributed by atoms with Gasteiger partial charge in [-0.1, -0.05) is 19.9 Å². The zero-order valence-corrected chi connectivity index (χ0v) is 13.7. The topological polar surface area (TPSA) is 21.3 Å². The summed E-state index contributed by atoms with van der Waals surface area (Å²) in [4.78, 5) is 0. The Kier molecular flexibility index (Phi) is 4.54. The molecule has 21 heavy (non-hydrogen) atoms. The number of fused-ring (bicyclic) bond motifs is 1. The lowest BCUT2D eigenvalue weighted by Crippen LogP contribution is -2.28. The summed E-state index contributed by atoms with van der Waals surface area (Å²) in [5, 5.41) is 3.45. The van der Waals surface area contributed by atoms with Gasteiger partial charge in [0.15, 0.2) is 0 Å². The minimum Gasteiger partial charge on any atom is -0.490 e. The number of hydrogen-bond acceptors (Lipinski definition) is 2. The summed E-state index contributed by atoms with van der Waals surface area (Å²) < 4.78 is 6.33. The Morgan fingerprint density at radius 1 is 1.10 bits per heavy atom. The van der Waals surface area contributed by atoms with Crippen molar-refractivity contribution in [2.75, 3.05) is 7.05 Å². The summed E-state index contributed by atoms with van der Waals surface area (Å²) in [6, 6.07) is 7.26. The van der Waals surface area contributed by atoms with Crippen molar-refractivity contribution in [2.24, 2.45) is 11.8 Å². The fourth-order valence-electron chi connectivity index (χ4n) is 4.31. The Morgan fingerprint density at radius 3 is 2.57 bits per heavy atom. The molecule has 1 aromatic carbocycles. The molecule has 0 amide bonds. The summed E-state index contributed by atoms with van der Waals surface area (Å²) in [5.74, 6) is 2.66. The lowest BCUT2D eigenvalue weighted by Gasteiger charge is -2.32. The van der Waals surface area contributed by atoms with Crippen LogP contribution >= 0.6 is 0 Å². The molecule has 2 nitrogen and oxygen atoms in total. The van der Waals surface area contributed by atoms with Crippen molar-refractivity contribution in [1.29, 1.82) is 0 Å². The van der Waals surface area contributed by atoms with E-state index in [9.17, 15) is 0 Å². The van der Waals surface area contributed by atoms with E-state index in [0.29, 0.717) is 12.1 Å². The second kappa shape index (κ2) is 6.39. The second-order valence-electron chi connectivity index (χ2n) is 7.25. The summed E-state index contributed by atoms with van der Waals surface area (Å²) in [6.45, 7) is 4.71. The van der Waals surface area contributed by atoms with Gasteiger partial charge in [0.05, 0.1) is 6.10 Å². The number of benzene rings is 1. The average molecular weight is 287 g/mol. The molecule has 3 unspecified atom stereocenters. The van der Waals surface area contributed by atoms with Crippen LogP contribution in [-0.2, 0) is 6.42 Å². The largest absolute Gasteiger partial charge is 0.490 e. The first-order valence-corrected chi connectivity index (χ1v) is 8.62. The summed E-state index contributed by atoms with van der Waals surface area (Å²) in [7, 11) is 2.07. The molecule has 2 aliphatic rings. The van der Waals surface area contributed by atoms with E-state index >= 15 is 0 Å². The van der Waals surface area contributed by atoms with Crippen LogP contribution in [0.2, 0.25) is 0 Å². The molecule has 0 aliphatic heterocycles. The van der Waals surface area contributed by atoms with Gasteiger partial charge >= 0.3 is 0 Å². The first-order valence-electron chi connectivity index (χ1n) is 8.62. The highest BCUT2D eigenvalue weighted by atomic mass is 16.5. The average Bonchev–Trinajstić information content (AvgIpc) is 2.45. The smallest absolute Gasteiger partial charge is 0.120 e. The van der Waals surface area contributed by atoms with E-state index in [2.05, 4.69) is 44.4 Å². The van der Waals surface area contributed by atoms with E-state index in [-0.39, 0.29) is 0 Å². The molecular formula is C19H29NO. The Bertz CT molecular complexity index is 474. The Labute approximate surface area is 129 Å². The molecule has 0 aromatic heterocycles. The normalized spacial score (nSPS) is 32.5. The van der Waals surface area contributed by atoms with Gasteiger partial charge in [-0.3, -0.25) is 0 Å². The molecule has 1 N–H and O–H groups in total. The van der Waals surface area contributed by atoms with Gasteiger partial charge in [-0.25, -0.2) is 0 Å². The van der Waals surface area contributed by atoms with Gasteiger partial charge in [-0.2, -0.15) is 0 Å². The van der Waals surface area contributed by atoms with E-state index in [1.54, 1.807) is 0 Å². The van der Waals surface area contributed by atoms with E-state index in [0.717, 1.165) is 17.6 Å². The molecule has 0 radical (unpaired) electrons. The van der Waals surface area contributed by atoms with Gasteiger partial charge < -0.3 is 10.1 Å². The van der Waals surface area contributed by atoms with Crippen LogP contribution < -0.4 is 10.1 Å². The van der Waals surface area contributed by atoms with Crippen molar-refractivity contribution in [1.82, 2.24) is 5.32 Å². The van der Waals surface area contributed by atoms with Crippen LogP contribution in [0.4, 0.5) is 0 Å². The van der Waals surface area contributed by atoms with Crippen molar-refractivity contribution in [3.05, 3.63) is 29.3 Å². The van der Waals surface area contributed by atoms with Gasteiger partial charge in [0.1, 0.15) is 5.75 Å². The Morgan fingerprint density at radius 2 is 1.86 bits per heavy atom. The van der Waals surface area contributed by atoms with E-state index in [1.165, 1.54) is 49.7 Å². The Hall–Kier alpha value is -1.02. The van der Waals surface area contributed by atoms with Gasteiger partial charge in [-0.05, 0) is 80.7 Å². The molecule has 0 saturated heterocycles. The van der Waals surface area contributed by atoms with Crippen molar-refractivity contribution in [3.63, 3.8) is 0 Å². The van der Waals surface area contributed by atoms with E-state index in [1.807, 2.05) is 0 Å². The van der Waals surface area contributed by atoms with E-state index in [4.69, 9.17) is 4.74 Å². The van der Waals surface area contributed by atoms with Crippen LogP contribution in [0.3, 0.4) is 0 Å². The Balaban J connectivity index is 1.74. The van der Waals surface area contributed by atoms with Crippen molar-refractivity contribution in [3.8, 4) is 5.75 Å². The van der Waals surface area contributed by atoms with Gasteiger partial charge in [-0.15, -0.1) is 0 Å². The number of hydrogen-bond donors (Lipinski definition) is 1. The number of rotatable bonds is 3. The molecule has 0 heterocycles. The fourth-order valence-corrected chi connectivity index (χ4v) is 4.31. The van der Waals surface area contributed by atoms with Crippen LogP contribution in [0.1, 0.15) is 63.1 Å². The minimum absolute atomic E-state index is 0.401. The maximum atomic E-state index is 6.33. The standard InChI is InChI=1S/C19H29NO/c1-13-9-14(2)11-17(10-13)21-16-8-7-15-5-4-6-19(20-3)18(15)12-16/h7-8,12-14,17,19-20H,4-6,9-11H2,1-3H3. The lowest BCUT2D eigenvalue weighted by molar-refractivity contribution is 0.101. The molecule has 116 valence electrons. The van der Waals surface area contributed by atoms with Gasteiger partial charge in [0.25, 0.3) is 0 Å². The molecule has 3 rings (SSSR count). The van der Waals surface area contributed by atoms with Crippen LogP contribution in [0, 0.1) is 11.8 Å². The van der Waals surface area contributed by atoms with Crippen molar-refractivity contribution >= 4 is 0 Å². The quantitative estimate of drug-likeness (QED) is 0.884. The van der Waals surface area contributed by atoms with Crippen LogP contribution in [0.15, 0.2) is 18.2 Å². The van der Waals surface area contributed by atoms with Crippen molar-refractivity contribution < 1.29 is 4.74 Å². The van der Waals surface area contributed by atoms with Gasteiger partial charge in [0.2, 0.25) is 0 Å². The highest BCUT2D eigenvalue weighted by molar-refractivity contribution is 5.39. The highest BCUT2D eigenvalue weighted by Crippen LogP contribution is 2.35. The number of nitrogens with one attached hydrogen (secondary N) is 1. The van der Waals surface area contributed by atoms with E-state index < -0.39 is 0 Å². The summed E-state index contributed by atoms with van der Waals surface area (Å²) in [5.41, 5.74) is 2.96. The van der Waals surface area contributed by atoms with Crippen LogP contribution in [0.25, 0.3) is 0 Å². The molecule has 0 bridgehead atoms. The monoisotopic (exact) mass is 287 g/mol. The zero-order valence-electron chi connectivity index (χ0n) is 13.7. The van der Waals surface area contributed by atoms with Crippen LogP contribution in [-0.4, -0.2) is 13.2 Å². The third-order valence-corrected chi connectivity index (χ3v) is 5.22. The second-order valence-corrected chi connectivity index (χ2v) is 7.25. The van der Waals surface area contributed by atoms with Crippen LogP contribution in [0.5, 0.6) is 5.75 Å². The minimum atomic E-state index is 0.401. The predicted octanol–water partition coefficient (Wildman–Crippen LogP) is 4.49. The maximum absolute atomic E-state index is 6.33. The highest BCUT2D eigenvalue weighted by Gasteiger charge is 2.26. The third-order valence-electron chi connectivity index (χ3n) is 5.22. The SMILES string of the molecule is CNC1CCCc2ccc(OC3CC(C)CC(C)C3)cc21. The molecule has 1 saturated carbocycles. The lowest BCUT2D eigenvalue weighted by atomic mass is 9.81. The molecule has 3 atom stereocenters. The molecule has 0 spiro atoms. The maximum Gasteiger partial charge on any atom is 0.120 e. The number of ether oxygens (including phenoxy) is 1. The molecule has 1 aromatic rings. The molecule has 2 aliphatic carbocycles. The molecule has 1 fully saturated rings. The summed E-state index contributed by atoms with van der Waals surface area (Å²) >= 11 is 0. The predicted molar refractivity (Wildman–Crippen MR) is 87.8 cm³/mol. The summed E-state index contributed by atoms with van der Waals surface area (Å²) in [6.07, 6.45) is 7.91. The third kappa shape index (κ3) is 3.42. The zero-order chi connectivity index (χ0) is 14.8.